The van der Waals surface area contributed by atoms with Crippen molar-refractivity contribution in [3.63, 3.8) is 0 Å². The molecule has 2 N–H and O–H groups in total. The summed E-state index contributed by atoms with van der Waals surface area (Å²) in [6, 6.07) is 23.4. The highest BCUT2D eigenvalue weighted by Gasteiger charge is 2.24. The van der Waals surface area contributed by atoms with Gasteiger partial charge in [-0.3, -0.25) is 0 Å². The summed E-state index contributed by atoms with van der Waals surface area (Å²) in [7, 11) is -3.94. The van der Waals surface area contributed by atoms with E-state index in [0.717, 1.165) is 11.1 Å². The lowest BCUT2D eigenvalue weighted by Crippen LogP contribution is -2.13. The molecule has 0 aliphatic rings. The summed E-state index contributed by atoms with van der Waals surface area (Å²) in [4.78, 5) is 0.0257. The zero-order valence-corrected chi connectivity index (χ0v) is 16.8. The molecule has 1 aromatic heterocycles. The average Bonchev–Trinajstić information content (AvgIpc) is 3.13. The van der Waals surface area contributed by atoms with Gasteiger partial charge < -0.3 is 4.52 Å². The Labute approximate surface area is 173 Å². The van der Waals surface area contributed by atoms with Gasteiger partial charge in [-0.1, -0.05) is 77.4 Å². The molecule has 0 saturated carbocycles. The first-order valence-electron chi connectivity index (χ1n) is 8.84. The van der Waals surface area contributed by atoms with Gasteiger partial charge in [0.1, 0.15) is 11.5 Å². The van der Waals surface area contributed by atoms with Crippen molar-refractivity contribution in [2.24, 2.45) is 5.14 Å². The molecule has 5 nitrogen and oxygen atoms in total. The molecule has 29 heavy (non-hydrogen) atoms. The highest BCUT2D eigenvalue weighted by Crippen LogP contribution is 2.38. The topological polar surface area (TPSA) is 86.2 Å². The number of aromatic nitrogens is 1. The lowest BCUT2D eigenvalue weighted by Gasteiger charge is -2.10. The Morgan fingerprint density at radius 1 is 0.897 bits per heavy atom. The molecule has 0 saturated heterocycles. The molecule has 4 rings (SSSR count). The van der Waals surface area contributed by atoms with E-state index in [4.69, 9.17) is 21.3 Å². The number of primary sulfonamides is 1. The van der Waals surface area contributed by atoms with E-state index in [1.165, 1.54) is 6.07 Å². The van der Waals surface area contributed by atoms with Crippen molar-refractivity contribution >= 4 is 21.6 Å². The number of rotatable bonds is 5. The first-order valence-corrected chi connectivity index (χ1v) is 10.8. The zero-order chi connectivity index (χ0) is 20.4. The van der Waals surface area contributed by atoms with Crippen LogP contribution in [0.5, 0.6) is 0 Å². The standard InChI is InChI=1S/C22H17ClN2O3S/c23-17-12-10-15(11-13-17)14-19-21(18-8-4-5-9-20(18)29(24,26)27)22(25-28-19)16-6-2-1-3-7-16/h1-13H,14H2,(H2,24,26,27). The maximum Gasteiger partial charge on any atom is 0.238 e. The second-order valence-electron chi connectivity index (χ2n) is 6.54. The Balaban J connectivity index is 1.93. The smallest absolute Gasteiger partial charge is 0.238 e. The third kappa shape index (κ3) is 4.10. The lowest BCUT2D eigenvalue weighted by atomic mass is 9.96. The SMILES string of the molecule is NS(=O)(=O)c1ccccc1-c1c(-c2ccccc2)noc1Cc1ccc(Cl)cc1. The van der Waals surface area contributed by atoms with Gasteiger partial charge in [0.15, 0.2) is 0 Å². The third-order valence-corrected chi connectivity index (χ3v) is 5.77. The molecule has 0 radical (unpaired) electrons. The molecule has 0 spiro atoms. The minimum absolute atomic E-state index is 0.0257. The molecule has 0 unspecified atom stereocenters. The molecule has 0 amide bonds. The minimum atomic E-state index is -3.94. The summed E-state index contributed by atoms with van der Waals surface area (Å²) >= 11 is 5.98. The van der Waals surface area contributed by atoms with Crippen LogP contribution in [-0.2, 0) is 16.4 Å². The molecule has 4 aromatic rings. The van der Waals surface area contributed by atoms with Crippen LogP contribution in [0.1, 0.15) is 11.3 Å². The fourth-order valence-corrected chi connectivity index (χ4v) is 4.10. The molecule has 0 aliphatic carbocycles. The maximum atomic E-state index is 12.2. The monoisotopic (exact) mass is 424 g/mol. The van der Waals surface area contributed by atoms with Gasteiger partial charge in [0.25, 0.3) is 0 Å². The van der Waals surface area contributed by atoms with Crippen LogP contribution in [-0.4, -0.2) is 13.6 Å². The molecule has 0 aliphatic heterocycles. The molecular formula is C22H17ClN2O3S. The van der Waals surface area contributed by atoms with Gasteiger partial charge in [-0.15, -0.1) is 0 Å². The summed E-state index contributed by atoms with van der Waals surface area (Å²) in [5.74, 6) is 0.544. The van der Waals surface area contributed by atoms with Crippen molar-refractivity contribution in [3.05, 3.63) is 95.2 Å². The largest absolute Gasteiger partial charge is 0.360 e. The van der Waals surface area contributed by atoms with Crippen molar-refractivity contribution < 1.29 is 12.9 Å². The summed E-state index contributed by atoms with van der Waals surface area (Å²) in [5, 5.41) is 10.4. The Bertz CT molecular complexity index is 1250. The predicted molar refractivity (Wildman–Crippen MR) is 113 cm³/mol. The van der Waals surface area contributed by atoms with Crippen LogP contribution in [0, 0.1) is 0 Å². The molecule has 7 heteroatoms. The van der Waals surface area contributed by atoms with Crippen LogP contribution in [0.2, 0.25) is 5.02 Å². The number of hydrogen-bond donors (Lipinski definition) is 1. The zero-order valence-electron chi connectivity index (χ0n) is 15.2. The van der Waals surface area contributed by atoms with Gasteiger partial charge in [-0.25, -0.2) is 13.6 Å². The van der Waals surface area contributed by atoms with Crippen LogP contribution in [0.4, 0.5) is 0 Å². The maximum absolute atomic E-state index is 12.2. The van der Waals surface area contributed by atoms with E-state index in [0.29, 0.717) is 34.0 Å². The van der Waals surface area contributed by atoms with Crippen LogP contribution in [0.15, 0.2) is 88.3 Å². The number of nitrogens with zero attached hydrogens (tertiary/aromatic N) is 1. The molecule has 1 heterocycles. The van der Waals surface area contributed by atoms with E-state index in [2.05, 4.69) is 5.16 Å². The average molecular weight is 425 g/mol. The lowest BCUT2D eigenvalue weighted by molar-refractivity contribution is 0.392. The quantitative estimate of drug-likeness (QED) is 0.493. The Kier molecular flexibility index (Phi) is 5.24. The second kappa shape index (κ2) is 7.83. The van der Waals surface area contributed by atoms with Crippen molar-refractivity contribution in [3.8, 4) is 22.4 Å². The third-order valence-electron chi connectivity index (χ3n) is 4.55. The van der Waals surface area contributed by atoms with E-state index < -0.39 is 10.0 Å². The van der Waals surface area contributed by atoms with Gasteiger partial charge in [0.2, 0.25) is 10.0 Å². The van der Waals surface area contributed by atoms with Crippen molar-refractivity contribution in [1.29, 1.82) is 0 Å². The number of halogens is 1. The fourth-order valence-electron chi connectivity index (χ4n) is 3.22. The van der Waals surface area contributed by atoms with Gasteiger partial charge in [0.05, 0.1) is 10.5 Å². The normalized spacial score (nSPS) is 11.5. The molecule has 146 valence electrons. The Hall–Kier alpha value is -2.93. The first kappa shape index (κ1) is 19.4. The fraction of sp³-hybridized carbons (Fsp3) is 0.0455. The molecular weight excluding hydrogens is 408 g/mol. The molecule has 0 fully saturated rings. The van der Waals surface area contributed by atoms with E-state index >= 15 is 0 Å². The highest BCUT2D eigenvalue weighted by molar-refractivity contribution is 7.89. The summed E-state index contributed by atoms with van der Waals surface area (Å²) < 4.78 is 30.1. The van der Waals surface area contributed by atoms with Crippen LogP contribution in [0.3, 0.4) is 0 Å². The van der Waals surface area contributed by atoms with E-state index in [1.54, 1.807) is 30.3 Å². The van der Waals surface area contributed by atoms with Gasteiger partial charge in [0, 0.05) is 22.6 Å². The van der Waals surface area contributed by atoms with Crippen LogP contribution in [0.25, 0.3) is 22.4 Å². The molecule has 3 aromatic carbocycles. The summed E-state index contributed by atoms with van der Waals surface area (Å²) in [6.07, 6.45) is 0.422. The summed E-state index contributed by atoms with van der Waals surface area (Å²) in [5.41, 5.74) is 3.40. The molecule has 0 bridgehead atoms. The molecule has 0 atom stereocenters. The van der Waals surface area contributed by atoms with E-state index in [1.807, 2.05) is 42.5 Å². The predicted octanol–water partition coefficient (Wildman–Crippen LogP) is 4.90. The van der Waals surface area contributed by atoms with Gasteiger partial charge in [-0.2, -0.15) is 0 Å². The van der Waals surface area contributed by atoms with Crippen LogP contribution >= 0.6 is 11.6 Å². The minimum Gasteiger partial charge on any atom is -0.360 e. The first-order chi connectivity index (χ1) is 13.9. The number of benzene rings is 3. The highest BCUT2D eigenvalue weighted by atomic mass is 35.5. The Morgan fingerprint density at radius 2 is 1.55 bits per heavy atom. The van der Waals surface area contributed by atoms with Gasteiger partial charge >= 0.3 is 0 Å². The number of sulfonamides is 1. The number of hydrogen-bond acceptors (Lipinski definition) is 4. The van der Waals surface area contributed by atoms with Crippen molar-refractivity contribution in [2.45, 2.75) is 11.3 Å². The van der Waals surface area contributed by atoms with Gasteiger partial charge in [-0.05, 0) is 23.8 Å². The van der Waals surface area contributed by atoms with Crippen molar-refractivity contribution in [1.82, 2.24) is 5.16 Å². The summed E-state index contributed by atoms with van der Waals surface area (Å²) in [6.45, 7) is 0. The van der Waals surface area contributed by atoms with E-state index in [-0.39, 0.29) is 4.90 Å². The van der Waals surface area contributed by atoms with Crippen LogP contribution < -0.4 is 5.14 Å². The Morgan fingerprint density at radius 3 is 2.24 bits per heavy atom. The van der Waals surface area contributed by atoms with E-state index in [9.17, 15) is 8.42 Å². The van der Waals surface area contributed by atoms with Crippen molar-refractivity contribution in [2.75, 3.05) is 0 Å². The number of nitrogens with two attached hydrogens (primary N) is 1. The second-order valence-corrected chi connectivity index (χ2v) is 8.51.